The van der Waals surface area contributed by atoms with Gasteiger partial charge in [-0.15, -0.1) is 0 Å². The van der Waals surface area contributed by atoms with E-state index in [0.29, 0.717) is 18.8 Å². The third-order valence-electron chi connectivity index (χ3n) is 2.37. The first-order valence-electron chi connectivity index (χ1n) is 6.11. The van der Waals surface area contributed by atoms with Crippen LogP contribution >= 0.6 is 0 Å². The van der Waals surface area contributed by atoms with E-state index in [-0.39, 0.29) is 25.0 Å². The lowest BCUT2D eigenvalue weighted by Crippen LogP contribution is -2.38. The van der Waals surface area contributed by atoms with Gasteiger partial charge in [-0.1, -0.05) is 18.2 Å². The summed E-state index contributed by atoms with van der Waals surface area (Å²) in [6.45, 7) is 2.50. The summed E-state index contributed by atoms with van der Waals surface area (Å²) in [5.41, 5.74) is 6.39. The summed E-state index contributed by atoms with van der Waals surface area (Å²) in [5.74, 6) is 0.00875. The fraction of sp³-hybridized carbons (Fsp3) is 0.385. The van der Waals surface area contributed by atoms with Crippen molar-refractivity contribution in [1.29, 1.82) is 0 Å². The quantitative estimate of drug-likeness (QED) is 0.635. The van der Waals surface area contributed by atoms with Crippen LogP contribution in [0.25, 0.3) is 0 Å². The number of benzene rings is 1. The Morgan fingerprint density at radius 3 is 2.63 bits per heavy atom. The maximum atomic E-state index is 11.5. The lowest BCUT2D eigenvalue weighted by atomic mass is 10.2. The number of rotatable bonds is 7. The van der Waals surface area contributed by atoms with Crippen LogP contribution in [0, 0.1) is 0 Å². The Balaban J connectivity index is 2.35. The van der Waals surface area contributed by atoms with E-state index in [0.717, 1.165) is 5.56 Å². The zero-order valence-corrected chi connectivity index (χ0v) is 10.9. The molecule has 0 saturated carbocycles. The van der Waals surface area contributed by atoms with Crippen LogP contribution in [-0.4, -0.2) is 31.5 Å². The average molecular weight is 265 g/mol. The van der Waals surface area contributed by atoms with Crippen LogP contribution in [0.3, 0.4) is 0 Å². The molecule has 104 valence electrons. The Morgan fingerprint density at radius 2 is 1.95 bits per heavy atom. The molecule has 0 heterocycles. The van der Waals surface area contributed by atoms with Crippen molar-refractivity contribution < 1.29 is 14.3 Å². The maximum Gasteiger partial charge on any atom is 0.258 e. The molecule has 6 heteroatoms. The van der Waals surface area contributed by atoms with Crippen molar-refractivity contribution in [2.75, 3.05) is 19.7 Å². The predicted octanol–water partition coefficient (Wildman–Crippen LogP) is -0.224. The minimum absolute atomic E-state index is 0.0471. The summed E-state index contributed by atoms with van der Waals surface area (Å²) in [6, 6.07) is 7.24. The van der Waals surface area contributed by atoms with Crippen LogP contribution in [0.5, 0.6) is 5.75 Å². The van der Waals surface area contributed by atoms with Gasteiger partial charge in [0.05, 0.1) is 6.54 Å². The molecule has 19 heavy (non-hydrogen) atoms. The van der Waals surface area contributed by atoms with Gasteiger partial charge >= 0.3 is 0 Å². The van der Waals surface area contributed by atoms with Gasteiger partial charge in [-0.25, -0.2) is 0 Å². The van der Waals surface area contributed by atoms with Gasteiger partial charge in [0, 0.05) is 18.7 Å². The molecule has 0 aliphatic carbocycles. The zero-order valence-electron chi connectivity index (χ0n) is 10.9. The predicted molar refractivity (Wildman–Crippen MR) is 71.5 cm³/mol. The Labute approximate surface area is 112 Å². The first-order chi connectivity index (χ1) is 9.17. The summed E-state index contributed by atoms with van der Waals surface area (Å²) in [4.78, 5) is 22.6. The molecule has 0 bridgehead atoms. The SMILES string of the molecule is CCNC(=O)CNC(=O)COc1ccccc1CN. The van der Waals surface area contributed by atoms with E-state index in [1.165, 1.54) is 0 Å². The largest absolute Gasteiger partial charge is 0.483 e. The van der Waals surface area contributed by atoms with E-state index in [1.54, 1.807) is 12.1 Å². The molecular formula is C13H19N3O3. The fourth-order valence-electron chi connectivity index (χ4n) is 1.45. The van der Waals surface area contributed by atoms with Gasteiger partial charge in [-0.3, -0.25) is 9.59 Å². The number of para-hydroxylation sites is 1. The summed E-state index contributed by atoms with van der Waals surface area (Å²) < 4.78 is 5.36. The molecule has 1 aromatic carbocycles. The van der Waals surface area contributed by atoms with Crippen molar-refractivity contribution >= 4 is 11.8 Å². The Morgan fingerprint density at radius 1 is 1.21 bits per heavy atom. The standard InChI is InChI=1S/C13H19N3O3/c1-2-15-12(17)8-16-13(18)9-19-11-6-4-3-5-10(11)7-14/h3-6H,2,7-9,14H2,1H3,(H,15,17)(H,16,18). The molecule has 1 rings (SSSR count). The van der Waals surface area contributed by atoms with Crippen molar-refractivity contribution in [2.45, 2.75) is 13.5 Å². The van der Waals surface area contributed by atoms with Crippen molar-refractivity contribution in [1.82, 2.24) is 10.6 Å². The minimum atomic E-state index is -0.349. The number of likely N-dealkylation sites (N-methyl/N-ethyl adjacent to an activating group) is 1. The van der Waals surface area contributed by atoms with Gasteiger partial charge in [0.1, 0.15) is 5.75 Å². The Kier molecular flexibility index (Phi) is 6.38. The normalized spacial score (nSPS) is 9.79. The molecule has 6 nitrogen and oxygen atoms in total. The molecule has 0 aromatic heterocycles. The highest BCUT2D eigenvalue weighted by atomic mass is 16.5. The first-order valence-corrected chi connectivity index (χ1v) is 6.11. The molecule has 0 radical (unpaired) electrons. The van der Waals surface area contributed by atoms with E-state index in [4.69, 9.17) is 10.5 Å². The van der Waals surface area contributed by atoms with Crippen molar-refractivity contribution in [3.05, 3.63) is 29.8 Å². The second-order valence-electron chi connectivity index (χ2n) is 3.83. The van der Waals surface area contributed by atoms with Gasteiger partial charge in [-0.2, -0.15) is 0 Å². The number of hydrogen-bond donors (Lipinski definition) is 3. The number of ether oxygens (including phenoxy) is 1. The van der Waals surface area contributed by atoms with E-state index >= 15 is 0 Å². The van der Waals surface area contributed by atoms with Crippen LogP contribution in [0.1, 0.15) is 12.5 Å². The third kappa shape index (κ3) is 5.39. The molecule has 0 aliphatic rings. The van der Waals surface area contributed by atoms with Crippen molar-refractivity contribution in [2.24, 2.45) is 5.73 Å². The number of amides is 2. The van der Waals surface area contributed by atoms with Crippen LogP contribution in [0.2, 0.25) is 0 Å². The topological polar surface area (TPSA) is 93.5 Å². The van der Waals surface area contributed by atoms with E-state index < -0.39 is 0 Å². The number of nitrogens with one attached hydrogen (secondary N) is 2. The highest BCUT2D eigenvalue weighted by Crippen LogP contribution is 2.16. The lowest BCUT2D eigenvalue weighted by Gasteiger charge is -2.10. The van der Waals surface area contributed by atoms with E-state index in [2.05, 4.69) is 10.6 Å². The molecule has 2 amide bonds. The molecule has 4 N–H and O–H groups in total. The summed E-state index contributed by atoms with van der Waals surface area (Å²) in [7, 11) is 0. The molecule has 1 aromatic rings. The Hall–Kier alpha value is -2.08. The van der Waals surface area contributed by atoms with Gasteiger partial charge in [0.25, 0.3) is 5.91 Å². The summed E-state index contributed by atoms with van der Waals surface area (Å²) in [6.07, 6.45) is 0. The maximum absolute atomic E-state index is 11.5. The first kappa shape index (κ1) is 15.0. The Bertz CT molecular complexity index is 435. The molecular weight excluding hydrogens is 246 g/mol. The van der Waals surface area contributed by atoms with E-state index in [1.807, 2.05) is 19.1 Å². The molecule has 0 unspecified atom stereocenters. The van der Waals surface area contributed by atoms with Crippen LogP contribution in [0.4, 0.5) is 0 Å². The van der Waals surface area contributed by atoms with E-state index in [9.17, 15) is 9.59 Å². The summed E-state index contributed by atoms with van der Waals surface area (Å²) in [5, 5.41) is 5.05. The number of nitrogens with two attached hydrogens (primary N) is 1. The van der Waals surface area contributed by atoms with Crippen LogP contribution < -0.4 is 21.1 Å². The third-order valence-corrected chi connectivity index (χ3v) is 2.37. The monoisotopic (exact) mass is 265 g/mol. The van der Waals surface area contributed by atoms with Gasteiger partial charge < -0.3 is 21.1 Å². The van der Waals surface area contributed by atoms with Gasteiger partial charge in [-0.05, 0) is 13.0 Å². The van der Waals surface area contributed by atoms with Gasteiger partial charge in [0.15, 0.2) is 6.61 Å². The highest BCUT2D eigenvalue weighted by molar-refractivity contribution is 5.85. The molecule has 0 atom stereocenters. The highest BCUT2D eigenvalue weighted by Gasteiger charge is 2.07. The minimum Gasteiger partial charge on any atom is -0.483 e. The zero-order chi connectivity index (χ0) is 14.1. The number of carbonyl (C=O) groups is 2. The summed E-state index contributed by atoms with van der Waals surface area (Å²) >= 11 is 0. The van der Waals surface area contributed by atoms with Crippen molar-refractivity contribution in [3.63, 3.8) is 0 Å². The molecule has 0 saturated heterocycles. The lowest BCUT2D eigenvalue weighted by molar-refractivity contribution is -0.127. The second-order valence-corrected chi connectivity index (χ2v) is 3.83. The smallest absolute Gasteiger partial charge is 0.258 e. The fourth-order valence-corrected chi connectivity index (χ4v) is 1.45. The molecule has 0 spiro atoms. The van der Waals surface area contributed by atoms with Crippen LogP contribution in [-0.2, 0) is 16.1 Å². The number of hydrogen-bond acceptors (Lipinski definition) is 4. The van der Waals surface area contributed by atoms with Crippen LogP contribution in [0.15, 0.2) is 24.3 Å². The average Bonchev–Trinajstić information content (AvgIpc) is 2.43. The molecule has 0 fully saturated rings. The second kappa shape index (κ2) is 8.10. The van der Waals surface area contributed by atoms with Gasteiger partial charge in [0.2, 0.25) is 5.91 Å². The number of carbonyl (C=O) groups excluding carboxylic acids is 2. The molecule has 0 aliphatic heterocycles. The van der Waals surface area contributed by atoms with Crippen molar-refractivity contribution in [3.8, 4) is 5.75 Å².